The number of halogens is 1. The van der Waals surface area contributed by atoms with Gasteiger partial charge in [0.25, 0.3) is 0 Å². The van der Waals surface area contributed by atoms with Crippen molar-refractivity contribution >= 4 is 28.7 Å². The Balaban J connectivity index is 1.48. The fraction of sp³-hybridized carbons (Fsp3) is 0.192. The van der Waals surface area contributed by atoms with Gasteiger partial charge in [0.05, 0.1) is 36.7 Å². The number of benzene rings is 3. The lowest BCUT2D eigenvalue weighted by molar-refractivity contribution is -0.118. The van der Waals surface area contributed by atoms with Crippen LogP contribution in [0.2, 0.25) is 0 Å². The Morgan fingerprint density at radius 1 is 0.941 bits per heavy atom. The molecule has 0 fully saturated rings. The lowest BCUT2D eigenvalue weighted by Crippen LogP contribution is -2.25. The van der Waals surface area contributed by atoms with Gasteiger partial charge in [-0.1, -0.05) is 48.2 Å². The second-order valence-electron chi connectivity index (χ2n) is 7.49. The zero-order valence-corrected chi connectivity index (χ0v) is 19.7. The van der Waals surface area contributed by atoms with E-state index in [2.05, 4.69) is 5.32 Å². The quantitative estimate of drug-likeness (QED) is 0.350. The molecule has 0 atom stereocenters. The van der Waals surface area contributed by atoms with Gasteiger partial charge in [0.15, 0.2) is 11.5 Å². The number of fused-ring (bicyclic) bond motifs is 1. The minimum atomic E-state index is -0.285. The average Bonchev–Trinajstić information content (AvgIpc) is 2.87. The van der Waals surface area contributed by atoms with Crippen molar-refractivity contribution in [3.05, 3.63) is 89.4 Å². The number of carbonyl (C=O) groups is 1. The predicted octanol–water partition coefficient (Wildman–Crippen LogP) is 4.79. The van der Waals surface area contributed by atoms with Crippen LogP contribution in [0.25, 0.3) is 11.0 Å². The van der Waals surface area contributed by atoms with Crippen molar-refractivity contribution in [2.75, 3.05) is 20.0 Å². The highest BCUT2D eigenvalue weighted by Gasteiger charge is 2.14. The summed E-state index contributed by atoms with van der Waals surface area (Å²) in [5, 5.41) is 3.60. The van der Waals surface area contributed by atoms with Gasteiger partial charge in [-0.15, -0.1) is 0 Å². The number of hydrogen-bond donors (Lipinski definition) is 1. The number of thioether (sulfide) groups is 1. The second kappa shape index (κ2) is 11.0. The largest absolute Gasteiger partial charge is 0.493 e. The van der Waals surface area contributed by atoms with E-state index in [1.807, 2.05) is 36.4 Å². The van der Waals surface area contributed by atoms with Crippen molar-refractivity contribution in [2.45, 2.75) is 18.0 Å². The van der Waals surface area contributed by atoms with Gasteiger partial charge in [-0.3, -0.25) is 4.79 Å². The Morgan fingerprint density at radius 3 is 2.38 bits per heavy atom. The number of rotatable bonds is 9. The summed E-state index contributed by atoms with van der Waals surface area (Å²) in [6.45, 7) is 0.311. The van der Waals surface area contributed by atoms with Crippen molar-refractivity contribution in [2.24, 2.45) is 0 Å². The van der Waals surface area contributed by atoms with Gasteiger partial charge >= 0.3 is 0 Å². The molecule has 1 heterocycles. The Morgan fingerprint density at radius 2 is 1.68 bits per heavy atom. The number of carbonyl (C=O) groups excluding carboxylic acids is 1. The van der Waals surface area contributed by atoms with Gasteiger partial charge in [-0.05, 0) is 35.9 Å². The third-order valence-electron chi connectivity index (χ3n) is 5.19. The zero-order valence-electron chi connectivity index (χ0n) is 18.9. The van der Waals surface area contributed by atoms with Crippen LogP contribution >= 0.6 is 11.8 Å². The van der Waals surface area contributed by atoms with E-state index in [0.29, 0.717) is 29.5 Å². The summed E-state index contributed by atoms with van der Waals surface area (Å²) in [7, 11) is 3.14. The van der Waals surface area contributed by atoms with Gasteiger partial charge in [-0.2, -0.15) is 0 Å². The highest BCUT2D eigenvalue weighted by molar-refractivity contribution is 7.99. The summed E-state index contributed by atoms with van der Waals surface area (Å²) in [6, 6.07) is 19.5. The van der Waals surface area contributed by atoms with E-state index >= 15 is 0 Å². The van der Waals surface area contributed by atoms with Crippen molar-refractivity contribution in [1.82, 2.24) is 15.3 Å². The molecule has 0 aliphatic heterocycles. The molecule has 0 unspecified atom stereocenters. The third kappa shape index (κ3) is 5.63. The van der Waals surface area contributed by atoms with Crippen molar-refractivity contribution < 1.29 is 18.7 Å². The summed E-state index contributed by atoms with van der Waals surface area (Å²) < 4.78 is 24.1. The van der Waals surface area contributed by atoms with Crippen LogP contribution in [0.1, 0.15) is 16.8 Å². The van der Waals surface area contributed by atoms with Crippen LogP contribution in [0.3, 0.4) is 0 Å². The van der Waals surface area contributed by atoms with Crippen LogP contribution in [0.15, 0.2) is 71.8 Å². The monoisotopic (exact) mass is 477 g/mol. The fourth-order valence-electron chi connectivity index (χ4n) is 3.52. The molecule has 4 rings (SSSR count). The first-order valence-corrected chi connectivity index (χ1v) is 11.7. The highest BCUT2D eigenvalue weighted by Crippen LogP contribution is 2.30. The molecule has 0 spiro atoms. The topological polar surface area (TPSA) is 73.3 Å². The normalized spacial score (nSPS) is 10.8. The molecule has 0 radical (unpaired) electrons. The lowest BCUT2D eigenvalue weighted by Gasteiger charge is -2.13. The number of nitrogens with zero attached hydrogens (tertiary/aromatic N) is 2. The van der Waals surface area contributed by atoms with E-state index in [1.54, 1.807) is 32.4 Å². The van der Waals surface area contributed by atoms with Crippen LogP contribution in [0.4, 0.5) is 4.39 Å². The molecule has 4 aromatic rings. The van der Waals surface area contributed by atoms with E-state index in [4.69, 9.17) is 19.4 Å². The second-order valence-corrected chi connectivity index (χ2v) is 8.45. The molecule has 34 heavy (non-hydrogen) atoms. The van der Waals surface area contributed by atoms with Gasteiger partial charge in [-0.25, -0.2) is 14.4 Å². The minimum absolute atomic E-state index is 0.141. The van der Waals surface area contributed by atoms with E-state index in [9.17, 15) is 9.18 Å². The van der Waals surface area contributed by atoms with E-state index in [-0.39, 0.29) is 17.5 Å². The number of amides is 1. The van der Waals surface area contributed by atoms with E-state index in [1.165, 1.54) is 23.9 Å². The molecule has 0 bridgehead atoms. The zero-order chi connectivity index (χ0) is 23.9. The molecular formula is C26H24FN3O3S. The number of methoxy groups -OCH3 is 2. The van der Waals surface area contributed by atoms with E-state index < -0.39 is 0 Å². The van der Waals surface area contributed by atoms with Crippen LogP contribution in [-0.4, -0.2) is 35.8 Å². The molecule has 1 N–H and O–H groups in total. The van der Waals surface area contributed by atoms with Gasteiger partial charge in [0.1, 0.15) is 10.8 Å². The molecule has 0 saturated carbocycles. The number of aromatic nitrogens is 2. The summed E-state index contributed by atoms with van der Waals surface area (Å²) >= 11 is 1.33. The maximum Gasteiger partial charge on any atom is 0.230 e. The summed E-state index contributed by atoms with van der Waals surface area (Å²) in [6.07, 6.45) is 0.489. The Labute approximate surface area is 201 Å². The maximum absolute atomic E-state index is 13.3. The minimum Gasteiger partial charge on any atom is -0.493 e. The molecule has 0 saturated heterocycles. The number of hydrogen-bond acceptors (Lipinski definition) is 6. The smallest absolute Gasteiger partial charge is 0.230 e. The Bertz CT molecular complexity index is 1300. The third-order valence-corrected chi connectivity index (χ3v) is 6.20. The average molecular weight is 478 g/mol. The highest BCUT2D eigenvalue weighted by atomic mass is 32.2. The van der Waals surface area contributed by atoms with Crippen molar-refractivity contribution in [3.8, 4) is 11.5 Å². The molecule has 0 aliphatic carbocycles. The number of ether oxygens (including phenoxy) is 2. The molecule has 0 aliphatic rings. The summed E-state index contributed by atoms with van der Waals surface area (Å²) in [5.41, 5.74) is 4.02. The molecular weight excluding hydrogens is 453 g/mol. The Hall–Kier alpha value is -3.65. The molecule has 8 heteroatoms. The van der Waals surface area contributed by atoms with Crippen LogP contribution in [0.5, 0.6) is 11.5 Å². The summed E-state index contributed by atoms with van der Waals surface area (Å²) in [4.78, 5) is 22.1. The first kappa shape index (κ1) is 23.5. The predicted molar refractivity (Wildman–Crippen MR) is 131 cm³/mol. The standard InChI is InChI=1S/C26H24FN3O3S/c1-32-23-9-5-6-18(25(23)33-2)15-28-24(31)16-34-26-22(14-17-10-12-19(27)13-11-17)29-20-7-3-4-8-21(20)30-26/h3-13H,14-16H2,1-2H3,(H,28,31). The molecule has 1 amide bonds. The van der Waals surface area contributed by atoms with Crippen LogP contribution in [-0.2, 0) is 17.8 Å². The van der Waals surface area contributed by atoms with E-state index in [0.717, 1.165) is 27.9 Å². The fourth-order valence-corrected chi connectivity index (χ4v) is 4.34. The maximum atomic E-state index is 13.3. The summed E-state index contributed by atoms with van der Waals surface area (Å²) in [5.74, 6) is 0.959. The van der Waals surface area contributed by atoms with Crippen molar-refractivity contribution in [1.29, 1.82) is 0 Å². The SMILES string of the molecule is COc1cccc(CNC(=O)CSc2nc3ccccc3nc2Cc2ccc(F)cc2)c1OC. The first-order chi connectivity index (χ1) is 16.6. The molecule has 6 nitrogen and oxygen atoms in total. The van der Waals surface area contributed by atoms with Crippen LogP contribution in [0, 0.1) is 5.82 Å². The van der Waals surface area contributed by atoms with Crippen molar-refractivity contribution in [3.63, 3.8) is 0 Å². The Kier molecular flexibility index (Phi) is 7.59. The van der Waals surface area contributed by atoms with Crippen LogP contribution < -0.4 is 14.8 Å². The van der Waals surface area contributed by atoms with Gasteiger partial charge < -0.3 is 14.8 Å². The molecule has 3 aromatic carbocycles. The first-order valence-electron chi connectivity index (χ1n) is 10.7. The number of nitrogens with one attached hydrogen (secondary N) is 1. The molecule has 1 aromatic heterocycles. The van der Waals surface area contributed by atoms with Gasteiger partial charge in [0, 0.05) is 18.5 Å². The van der Waals surface area contributed by atoms with Gasteiger partial charge in [0.2, 0.25) is 5.91 Å². The molecule has 174 valence electrons. The number of para-hydroxylation sites is 3. The lowest BCUT2D eigenvalue weighted by atomic mass is 10.1.